The summed E-state index contributed by atoms with van der Waals surface area (Å²) in [5.74, 6) is 0.930. The smallest absolute Gasteiger partial charge is 0.187 e. The second-order valence-corrected chi connectivity index (χ2v) is 10.2. The molecule has 7 heteroatoms. The normalized spacial score (nSPS) is 14.6. The summed E-state index contributed by atoms with van der Waals surface area (Å²) in [4.78, 5) is 21.7. The van der Waals surface area contributed by atoms with E-state index in [2.05, 4.69) is 17.0 Å². The topological polar surface area (TPSA) is 51.7 Å². The van der Waals surface area contributed by atoms with Gasteiger partial charge in [0.2, 0.25) is 0 Å². The number of ketones is 1. The lowest BCUT2D eigenvalue weighted by atomic mass is 10.1. The molecule has 1 aliphatic heterocycles. The molecular formula is C26H26N2O3S2. The summed E-state index contributed by atoms with van der Waals surface area (Å²) in [6.07, 6.45) is 2.70. The Morgan fingerprint density at radius 3 is 2.48 bits per heavy atom. The Bertz CT molecular complexity index is 1180. The van der Waals surface area contributed by atoms with Crippen LogP contribution in [0.3, 0.4) is 0 Å². The number of fused-ring (bicyclic) bond motifs is 1. The molecule has 170 valence electrons. The second kappa shape index (κ2) is 10.0. The lowest BCUT2D eigenvalue weighted by Gasteiger charge is -2.31. The van der Waals surface area contributed by atoms with Crippen molar-refractivity contribution >= 4 is 43.1 Å². The molecule has 2 aromatic carbocycles. The summed E-state index contributed by atoms with van der Waals surface area (Å²) in [5, 5.41) is 1.05. The SMILES string of the molecule is COc1ccc(CC(=O)c2cc3sc(N4CCC(OCc5ccccc5)CC4)nc3s2)cc1. The predicted octanol–water partition coefficient (Wildman–Crippen LogP) is 5.98. The summed E-state index contributed by atoms with van der Waals surface area (Å²) < 4.78 is 12.4. The maximum absolute atomic E-state index is 12.8. The van der Waals surface area contributed by atoms with Crippen molar-refractivity contribution in [3.8, 4) is 5.75 Å². The first-order chi connectivity index (χ1) is 16.2. The Labute approximate surface area is 201 Å². The summed E-state index contributed by atoms with van der Waals surface area (Å²) in [6, 6.07) is 20.0. The zero-order valence-corrected chi connectivity index (χ0v) is 20.2. The van der Waals surface area contributed by atoms with Crippen LogP contribution in [0.25, 0.3) is 9.53 Å². The van der Waals surface area contributed by atoms with E-state index in [-0.39, 0.29) is 5.78 Å². The number of Topliss-reactive ketones (excluding diaryl/α,β-unsaturated/α-hetero) is 1. The molecular weight excluding hydrogens is 452 g/mol. The van der Waals surface area contributed by atoms with E-state index in [1.165, 1.54) is 16.9 Å². The fourth-order valence-corrected chi connectivity index (χ4v) is 6.21. The predicted molar refractivity (Wildman–Crippen MR) is 135 cm³/mol. The third-order valence-electron chi connectivity index (χ3n) is 5.92. The number of rotatable bonds is 8. The van der Waals surface area contributed by atoms with E-state index >= 15 is 0 Å². The minimum absolute atomic E-state index is 0.133. The van der Waals surface area contributed by atoms with Crippen LogP contribution in [0.5, 0.6) is 5.75 Å². The second-order valence-electron chi connectivity index (χ2n) is 8.21. The van der Waals surface area contributed by atoms with Gasteiger partial charge in [-0.15, -0.1) is 11.3 Å². The first-order valence-electron chi connectivity index (χ1n) is 11.1. The van der Waals surface area contributed by atoms with Crippen molar-refractivity contribution in [2.24, 2.45) is 0 Å². The maximum atomic E-state index is 12.8. The number of hydrogen-bond acceptors (Lipinski definition) is 7. The largest absolute Gasteiger partial charge is 0.497 e. The highest BCUT2D eigenvalue weighted by Gasteiger charge is 2.23. The molecule has 0 aliphatic carbocycles. The number of benzene rings is 2. The van der Waals surface area contributed by atoms with Gasteiger partial charge in [0.15, 0.2) is 10.9 Å². The van der Waals surface area contributed by atoms with Gasteiger partial charge in [-0.05, 0) is 42.2 Å². The highest BCUT2D eigenvalue weighted by molar-refractivity contribution is 7.29. The molecule has 5 rings (SSSR count). The summed E-state index contributed by atoms with van der Waals surface area (Å²) in [6.45, 7) is 2.57. The molecule has 0 spiro atoms. The first-order valence-corrected chi connectivity index (χ1v) is 12.8. The van der Waals surface area contributed by atoms with Gasteiger partial charge in [0, 0.05) is 19.5 Å². The van der Waals surface area contributed by atoms with Crippen LogP contribution in [0, 0.1) is 0 Å². The third-order valence-corrected chi connectivity index (χ3v) is 8.18. The van der Waals surface area contributed by atoms with Gasteiger partial charge in [-0.2, -0.15) is 0 Å². The summed E-state index contributed by atoms with van der Waals surface area (Å²) >= 11 is 3.18. The van der Waals surface area contributed by atoms with Crippen LogP contribution in [0.1, 0.15) is 33.6 Å². The number of methoxy groups -OCH3 is 1. The highest BCUT2D eigenvalue weighted by atomic mass is 32.1. The molecule has 1 saturated heterocycles. The van der Waals surface area contributed by atoms with Gasteiger partial charge in [-0.3, -0.25) is 4.79 Å². The van der Waals surface area contributed by atoms with Crippen molar-refractivity contribution in [1.29, 1.82) is 0 Å². The molecule has 0 atom stereocenters. The average Bonchev–Trinajstić information content (AvgIpc) is 3.44. The fourth-order valence-electron chi connectivity index (χ4n) is 4.01. The zero-order chi connectivity index (χ0) is 22.6. The van der Waals surface area contributed by atoms with Gasteiger partial charge in [0.25, 0.3) is 0 Å². The lowest BCUT2D eigenvalue weighted by molar-refractivity contribution is 0.0251. The van der Waals surface area contributed by atoms with Crippen LogP contribution in [0.4, 0.5) is 5.13 Å². The Morgan fingerprint density at radius 2 is 1.79 bits per heavy atom. The molecule has 0 bridgehead atoms. The minimum Gasteiger partial charge on any atom is -0.497 e. The first kappa shape index (κ1) is 22.1. The molecule has 0 saturated carbocycles. The Morgan fingerprint density at radius 1 is 1.03 bits per heavy atom. The Balaban J connectivity index is 1.16. The summed E-state index contributed by atoms with van der Waals surface area (Å²) in [7, 11) is 1.64. The lowest BCUT2D eigenvalue weighted by Crippen LogP contribution is -2.36. The third kappa shape index (κ3) is 5.27. The monoisotopic (exact) mass is 478 g/mol. The van der Waals surface area contributed by atoms with Crippen LogP contribution in [0.2, 0.25) is 0 Å². The standard InChI is InChI=1S/C26H26N2O3S2/c1-30-20-9-7-18(8-10-20)15-22(29)23-16-24-25(32-23)27-26(33-24)28-13-11-21(12-14-28)31-17-19-5-3-2-4-6-19/h2-10,16,21H,11-15,17H2,1H3. The maximum Gasteiger partial charge on any atom is 0.187 e. The molecule has 1 fully saturated rings. The quantitative estimate of drug-likeness (QED) is 0.292. The average molecular weight is 479 g/mol. The number of nitrogens with zero attached hydrogens (tertiary/aromatic N) is 2. The molecule has 0 N–H and O–H groups in total. The van der Waals surface area contributed by atoms with Crippen LogP contribution < -0.4 is 9.64 Å². The molecule has 33 heavy (non-hydrogen) atoms. The number of thiazole rings is 1. The molecule has 3 heterocycles. The van der Waals surface area contributed by atoms with Crippen LogP contribution >= 0.6 is 22.7 Å². The van der Waals surface area contributed by atoms with Crippen LogP contribution in [-0.2, 0) is 17.8 Å². The van der Waals surface area contributed by atoms with E-state index in [1.807, 2.05) is 48.5 Å². The van der Waals surface area contributed by atoms with Crippen LogP contribution in [0.15, 0.2) is 60.7 Å². The molecule has 5 nitrogen and oxygen atoms in total. The number of hydrogen-bond donors (Lipinski definition) is 0. The van der Waals surface area contributed by atoms with Crippen molar-refractivity contribution in [2.45, 2.75) is 32.0 Å². The van der Waals surface area contributed by atoms with E-state index in [9.17, 15) is 4.79 Å². The zero-order valence-electron chi connectivity index (χ0n) is 18.5. The molecule has 0 radical (unpaired) electrons. The number of aromatic nitrogens is 1. The van der Waals surface area contributed by atoms with Crippen molar-refractivity contribution in [2.75, 3.05) is 25.1 Å². The summed E-state index contributed by atoms with van der Waals surface area (Å²) in [5.41, 5.74) is 2.21. The van der Waals surface area contributed by atoms with Gasteiger partial charge in [-0.1, -0.05) is 53.8 Å². The molecule has 1 aliphatic rings. The molecule has 0 amide bonds. The minimum atomic E-state index is 0.133. The van der Waals surface area contributed by atoms with E-state index in [0.717, 1.165) is 56.8 Å². The van der Waals surface area contributed by atoms with Crippen LogP contribution in [-0.4, -0.2) is 37.1 Å². The number of thiophene rings is 1. The molecule has 0 unspecified atom stereocenters. The van der Waals surface area contributed by atoms with Gasteiger partial charge in [0.05, 0.1) is 29.4 Å². The number of anilines is 1. The van der Waals surface area contributed by atoms with E-state index in [1.54, 1.807) is 18.4 Å². The van der Waals surface area contributed by atoms with E-state index in [0.29, 0.717) is 19.1 Å². The van der Waals surface area contributed by atoms with Crippen molar-refractivity contribution in [1.82, 2.24) is 4.98 Å². The van der Waals surface area contributed by atoms with Gasteiger partial charge >= 0.3 is 0 Å². The van der Waals surface area contributed by atoms with Crippen molar-refractivity contribution in [3.05, 3.63) is 76.7 Å². The number of carbonyl (C=O) groups is 1. The van der Waals surface area contributed by atoms with E-state index < -0.39 is 0 Å². The van der Waals surface area contributed by atoms with Crippen molar-refractivity contribution in [3.63, 3.8) is 0 Å². The Kier molecular flexibility index (Phi) is 6.71. The molecule has 2 aromatic heterocycles. The number of carbonyl (C=O) groups excluding carboxylic acids is 1. The highest BCUT2D eigenvalue weighted by Crippen LogP contribution is 2.36. The van der Waals surface area contributed by atoms with Gasteiger partial charge in [0.1, 0.15) is 10.6 Å². The van der Waals surface area contributed by atoms with Gasteiger partial charge < -0.3 is 14.4 Å². The number of piperidine rings is 1. The van der Waals surface area contributed by atoms with Crippen molar-refractivity contribution < 1.29 is 14.3 Å². The fraction of sp³-hybridized carbons (Fsp3) is 0.308. The van der Waals surface area contributed by atoms with E-state index in [4.69, 9.17) is 14.5 Å². The Hall–Kier alpha value is -2.74. The van der Waals surface area contributed by atoms with Gasteiger partial charge in [-0.25, -0.2) is 4.98 Å². The molecule has 4 aromatic rings. The number of ether oxygens (including phenoxy) is 2.